The van der Waals surface area contributed by atoms with Gasteiger partial charge in [-0.1, -0.05) is 36.4 Å². The van der Waals surface area contributed by atoms with Gasteiger partial charge in [-0.3, -0.25) is 10.1 Å². The van der Waals surface area contributed by atoms with Crippen LogP contribution < -0.4 is 4.74 Å². The Kier molecular flexibility index (Phi) is 6.49. The average Bonchev–Trinajstić information content (AvgIpc) is 2.64. The molecule has 0 bridgehead atoms. The lowest BCUT2D eigenvalue weighted by Crippen LogP contribution is -2.63. The standard InChI is InChI=1S/C22H31B5N2O3/c1-14-9-18(29(30)31)19(32-20(2,3)23)10-17(14)16-11-21(24,25)28(22(26,27)12-16)13-15-7-5-4-6-8-15/h4-11H,12-13,23-27H2,1-3H3. The Bertz CT molecular complexity index is 1050. The van der Waals surface area contributed by atoms with E-state index >= 15 is 0 Å². The van der Waals surface area contributed by atoms with Gasteiger partial charge >= 0.3 is 5.69 Å². The molecule has 2 aromatic rings. The molecule has 1 heterocycles. The first kappa shape index (κ1) is 24.3. The highest BCUT2D eigenvalue weighted by Gasteiger charge is 2.41. The zero-order valence-electron chi connectivity index (χ0n) is 20.7. The van der Waals surface area contributed by atoms with Crippen molar-refractivity contribution < 1.29 is 9.66 Å². The van der Waals surface area contributed by atoms with Gasteiger partial charge in [0.1, 0.15) is 31.4 Å². The molecule has 2 aromatic carbocycles. The second-order valence-corrected chi connectivity index (χ2v) is 11.0. The van der Waals surface area contributed by atoms with Crippen molar-refractivity contribution in [2.45, 2.75) is 49.9 Å². The average molecular weight is 426 g/mol. The maximum atomic E-state index is 11.7. The van der Waals surface area contributed by atoms with Gasteiger partial charge in [0, 0.05) is 12.6 Å². The van der Waals surface area contributed by atoms with Gasteiger partial charge in [0.05, 0.1) is 10.4 Å². The molecule has 0 saturated carbocycles. The molecule has 5 nitrogen and oxygen atoms in total. The van der Waals surface area contributed by atoms with E-state index in [1.54, 1.807) is 6.07 Å². The van der Waals surface area contributed by atoms with E-state index in [-0.39, 0.29) is 21.3 Å². The molecule has 0 aromatic heterocycles. The van der Waals surface area contributed by atoms with Gasteiger partial charge in [-0.05, 0) is 66.2 Å². The van der Waals surface area contributed by atoms with E-state index in [4.69, 9.17) is 4.74 Å². The van der Waals surface area contributed by atoms with Crippen LogP contribution >= 0.6 is 0 Å². The third-order valence-electron chi connectivity index (χ3n) is 6.03. The minimum Gasteiger partial charge on any atom is -0.491 e. The maximum absolute atomic E-state index is 11.7. The first-order valence-corrected chi connectivity index (χ1v) is 11.2. The summed E-state index contributed by atoms with van der Waals surface area (Å²) in [7, 11) is 10.9. The summed E-state index contributed by atoms with van der Waals surface area (Å²) in [6.45, 7) is 6.62. The Hall–Kier alpha value is -2.34. The van der Waals surface area contributed by atoms with E-state index in [9.17, 15) is 10.1 Å². The fraction of sp³-hybridized carbons (Fsp3) is 0.364. The van der Waals surface area contributed by atoms with Gasteiger partial charge in [-0.25, -0.2) is 0 Å². The van der Waals surface area contributed by atoms with Crippen LogP contribution in [0.1, 0.15) is 37.0 Å². The van der Waals surface area contributed by atoms with E-state index in [2.05, 4.69) is 66.6 Å². The number of ether oxygens (including phenoxy) is 1. The minimum absolute atomic E-state index is 0.0156. The van der Waals surface area contributed by atoms with Crippen molar-refractivity contribution in [3.63, 3.8) is 0 Å². The first-order valence-electron chi connectivity index (χ1n) is 11.2. The Morgan fingerprint density at radius 2 is 1.78 bits per heavy atom. The highest BCUT2D eigenvalue weighted by molar-refractivity contribution is 6.46. The topological polar surface area (TPSA) is 55.6 Å². The first-order chi connectivity index (χ1) is 14.7. The van der Waals surface area contributed by atoms with Crippen molar-refractivity contribution in [3.05, 3.63) is 75.3 Å². The van der Waals surface area contributed by atoms with E-state index in [1.165, 1.54) is 11.1 Å². The summed E-state index contributed by atoms with van der Waals surface area (Å²) >= 11 is 0. The van der Waals surface area contributed by atoms with Gasteiger partial charge in [-0.15, -0.1) is 0 Å². The van der Waals surface area contributed by atoms with Crippen LogP contribution in [0, 0.1) is 17.0 Å². The van der Waals surface area contributed by atoms with E-state index in [1.807, 2.05) is 40.8 Å². The molecule has 162 valence electrons. The quantitative estimate of drug-likeness (QED) is 0.365. The molecule has 0 amide bonds. The second-order valence-electron chi connectivity index (χ2n) is 11.0. The van der Waals surface area contributed by atoms with Crippen LogP contribution in [0.4, 0.5) is 5.69 Å². The fourth-order valence-corrected chi connectivity index (χ4v) is 4.83. The maximum Gasteiger partial charge on any atom is 0.311 e. The molecule has 0 fully saturated rings. The number of hydrogen-bond acceptors (Lipinski definition) is 4. The number of nitro benzene ring substituents is 1. The molecule has 0 radical (unpaired) electrons. The molecule has 1 aliphatic heterocycles. The molecular weight excluding hydrogens is 394 g/mol. The van der Waals surface area contributed by atoms with Gasteiger partial charge in [-0.2, -0.15) is 0 Å². The van der Waals surface area contributed by atoms with Crippen molar-refractivity contribution in [2.24, 2.45) is 0 Å². The van der Waals surface area contributed by atoms with Gasteiger partial charge in [0.15, 0.2) is 13.6 Å². The summed E-state index contributed by atoms with van der Waals surface area (Å²) in [5, 5.41) is 11.4. The van der Waals surface area contributed by atoms with Gasteiger partial charge in [0.25, 0.3) is 0 Å². The molecule has 10 heteroatoms. The molecule has 0 spiro atoms. The number of nitrogens with zero attached hydrogens (tertiary/aromatic N) is 2. The summed E-state index contributed by atoms with van der Waals surface area (Å²) in [5.41, 5.74) is 3.90. The minimum atomic E-state index is -0.525. The zero-order valence-corrected chi connectivity index (χ0v) is 20.7. The van der Waals surface area contributed by atoms with Crippen molar-refractivity contribution in [3.8, 4) is 5.75 Å². The van der Waals surface area contributed by atoms with Crippen LogP contribution in [0.25, 0.3) is 5.57 Å². The third-order valence-corrected chi connectivity index (χ3v) is 6.03. The zero-order chi connectivity index (χ0) is 23.9. The highest BCUT2D eigenvalue weighted by atomic mass is 16.6. The van der Waals surface area contributed by atoms with Crippen molar-refractivity contribution in [1.82, 2.24) is 4.90 Å². The summed E-state index contributed by atoms with van der Waals surface area (Å²) in [5.74, 6) is 0.325. The largest absolute Gasteiger partial charge is 0.491 e. The van der Waals surface area contributed by atoms with Crippen molar-refractivity contribution in [1.29, 1.82) is 0 Å². The Morgan fingerprint density at radius 1 is 1.16 bits per heavy atom. The SMILES string of the molecule is BC(C)(C)Oc1cc(C2=CC(B)(B)N(Cc3ccccc3)C(B)(B)C2)c(C)cc1[N+](=O)[O-]. The summed E-state index contributed by atoms with van der Waals surface area (Å²) < 4.78 is 6.01. The summed E-state index contributed by atoms with van der Waals surface area (Å²) in [6.07, 6.45) is 3.16. The lowest BCUT2D eigenvalue weighted by Gasteiger charge is -2.53. The summed E-state index contributed by atoms with van der Waals surface area (Å²) in [6, 6.07) is 14.1. The van der Waals surface area contributed by atoms with Crippen LogP contribution in [0.3, 0.4) is 0 Å². The molecule has 0 unspecified atom stereocenters. The Morgan fingerprint density at radius 3 is 2.31 bits per heavy atom. The lowest BCUT2D eigenvalue weighted by molar-refractivity contribution is -0.386. The molecule has 0 saturated heterocycles. The van der Waals surface area contributed by atoms with Crippen LogP contribution in [0.15, 0.2) is 48.5 Å². The van der Waals surface area contributed by atoms with Crippen LogP contribution in [-0.4, -0.2) is 65.2 Å². The smallest absolute Gasteiger partial charge is 0.311 e. The second kappa shape index (κ2) is 8.55. The van der Waals surface area contributed by atoms with E-state index in [0.29, 0.717) is 5.75 Å². The normalized spacial score (nSPS) is 18.0. The summed E-state index contributed by atoms with van der Waals surface area (Å²) in [4.78, 5) is 13.8. The monoisotopic (exact) mass is 426 g/mol. The molecule has 0 aliphatic carbocycles. The number of aryl methyl sites for hydroxylation is 1. The highest BCUT2D eigenvalue weighted by Crippen LogP contribution is 2.41. The third kappa shape index (κ3) is 5.34. The molecular formula is C22H31B5N2O3. The van der Waals surface area contributed by atoms with Gasteiger partial charge < -0.3 is 9.64 Å². The Balaban J connectivity index is 2.06. The number of benzene rings is 2. The number of rotatable bonds is 6. The molecule has 32 heavy (non-hydrogen) atoms. The molecule has 0 N–H and O–H groups in total. The number of hydrogen-bond donors (Lipinski definition) is 0. The van der Waals surface area contributed by atoms with E-state index in [0.717, 1.165) is 24.1 Å². The molecule has 1 aliphatic rings. The van der Waals surface area contributed by atoms with Crippen LogP contribution in [-0.2, 0) is 6.54 Å². The van der Waals surface area contributed by atoms with Crippen molar-refractivity contribution >= 4 is 50.5 Å². The lowest BCUT2D eigenvalue weighted by atomic mass is 9.47. The number of nitro groups is 1. The predicted molar refractivity (Wildman–Crippen MR) is 145 cm³/mol. The molecule has 0 atom stereocenters. The van der Waals surface area contributed by atoms with Gasteiger partial charge in [0.2, 0.25) is 0 Å². The van der Waals surface area contributed by atoms with Crippen LogP contribution in [0.5, 0.6) is 5.75 Å². The Labute approximate surface area is 196 Å². The predicted octanol–water partition coefficient (Wildman–Crippen LogP) is -0.219. The fourth-order valence-electron chi connectivity index (χ4n) is 4.83. The van der Waals surface area contributed by atoms with Crippen molar-refractivity contribution in [2.75, 3.05) is 0 Å². The molecule has 3 rings (SSSR count). The van der Waals surface area contributed by atoms with Crippen LogP contribution in [0.2, 0.25) is 0 Å². The van der Waals surface area contributed by atoms with E-state index < -0.39 is 5.50 Å².